The van der Waals surface area contributed by atoms with Crippen LogP contribution in [0.5, 0.6) is 17.2 Å². The van der Waals surface area contributed by atoms with Crippen molar-refractivity contribution in [1.29, 1.82) is 0 Å². The molecule has 0 saturated heterocycles. The predicted octanol–water partition coefficient (Wildman–Crippen LogP) is 3.07. The van der Waals surface area contributed by atoms with Crippen molar-refractivity contribution in [2.75, 3.05) is 14.2 Å². The number of fused-ring (bicyclic) bond motifs is 1. The Kier molecular flexibility index (Phi) is 6.81. The van der Waals surface area contributed by atoms with Crippen LogP contribution in [0, 0.1) is 5.92 Å². The number of nitrogens with zero attached hydrogens (tertiary/aromatic N) is 1. The van der Waals surface area contributed by atoms with Crippen molar-refractivity contribution in [3.63, 3.8) is 0 Å². The van der Waals surface area contributed by atoms with E-state index in [9.17, 15) is 19.5 Å². The molecule has 3 N–H and O–H groups in total. The second-order valence-electron chi connectivity index (χ2n) is 7.62. The number of hydrogen-bond acceptors (Lipinski definition) is 7. The number of amides is 1. The van der Waals surface area contributed by atoms with E-state index in [1.165, 1.54) is 32.4 Å². The van der Waals surface area contributed by atoms with Gasteiger partial charge in [-0.25, -0.2) is 4.79 Å². The van der Waals surface area contributed by atoms with Crippen LogP contribution >= 0.6 is 0 Å². The van der Waals surface area contributed by atoms with Crippen molar-refractivity contribution in [3.05, 3.63) is 59.4 Å². The van der Waals surface area contributed by atoms with Gasteiger partial charge in [-0.3, -0.25) is 14.6 Å². The van der Waals surface area contributed by atoms with Gasteiger partial charge in [0.25, 0.3) is 5.91 Å². The van der Waals surface area contributed by atoms with E-state index < -0.39 is 23.8 Å². The van der Waals surface area contributed by atoms with E-state index in [1.54, 1.807) is 32.0 Å². The molecule has 172 valence electrons. The first kappa shape index (κ1) is 23.5. The van der Waals surface area contributed by atoms with Crippen LogP contribution in [0.4, 0.5) is 0 Å². The fourth-order valence-electron chi connectivity index (χ4n) is 3.43. The monoisotopic (exact) mass is 452 g/mol. The highest BCUT2D eigenvalue weighted by Crippen LogP contribution is 2.35. The molecule has 1 atom stereocenters. The van der Waals surface area contributed by atoms with Crippen LogP contribution in [-0.2, 0) is 4.79 Å². The summed E-state index contributed by atoms with van der Waals surface area (Å²) in [5, 5.41) is 10.1. The lowest BCUT2D eigenvalue weighted by Crippen LogP contribution is -2.37. The SMILES string of the molecule is COc1cc2c(C(=O)O)cnc(C(=O)c3cccc(OC(C(N)=O)C(C)C)c3)c2cc1OC. The van der Waals surface area contributed by atoms with E-state index >= 15 is 0 Å². The Morgan fingerprint density at radius 2 is 1.64 bits per heavy atom. The van der Waals surface area contributed by atoms with E-state index in [0.29, 0.717) is 22.6 Å². The van der Waals surface area contributed by atoms with Gasteiger partial charge >= 0.3 is 5.97 Å². The number of primary amides is 1. The molecule has 9 heteroatoms. The van der Waals surface area contributed by atoms with Gasteiger partial charge in [0.2, 0.25) is 5.78 Å². The van der Waals surface area contributed by atoms with Gasteiger partial charge in [-0.15, -0.1) is 0 Å². The van der Waals surface area contributed by atoms with Gasteiger partial charge in [0.05, 0.1) is 19.8 Å². The molecule has 0 aliphatic rings. The number of benzene rings is 2. The fourth-order valence-corrected chi connectivity index (χ4v) is 3.43. The fraction of sp³-hybridized carbons (Fsp3) is 0.250. The minimum atomic E-state index is -1.19. The molecule has 1 unspecified atom stereocenters. The summed E-state index contributed by atoms with van der Waals surface area (Å²) in [5.74, 6) is -1.50. The molecule has 2 aromatic carbocycles. The van der Waals surface area contributed by atoms with E-state index in [-0.39, 0.29) is 28.1 Å². The quantitative estimate of drug-likeness (QED) is 0.473. The molecule has 1 heterocycles. The molecule has 0 fully saturated rings. The molecule has 1 aromatic heterocycles. The largest absolute Gasteiger partial charge is 0.493 e. The van der Waals surface area contributed by atoms with E-state index in [0.717, 1.165) is 6.20 Å². The second kappa shape index (κ2) is 9.56. The van der Waals surface area contributed by atoms with Gasteiger partial charge in [0.15, 0.2) is 17.6 Å². The standard InChI is InChI=1S/C24H24N2O7/c1-12(2)22(23(25)28)33-14-7-5-6-13(8-14)21(27)20-16-10-19(32-4)18(31-3)9-15(16)17(11-26-20)24(29)30/h5-12,22H,1-4H3,(H2,25,28)(H,29,30). The lowest BCUT2D eigenvalue weighted by atomic mass is 9.99. The summed E-state index contributed by atoms with van der Waals surface area (Å²) in [4.78, 5) is 40.9. The number of methoxy groups -OCH3 is 2. The molecule has 0 saturated carbocycles. The van der Waals surface area contributed by atoms with Crippen molar-refractivity contribution in [2.45, 2.75) is 20.0 Å². The Labute approximate surface area is 190 Å². The van der Waals surface area contributed by atoms with Crippen molar-refractivity contribution in [1.82, 2.24) is 4.98 Å². The number of pyridine rings is 1. The molecule has 3 rings (SSSR count). The number of carbonyl (C=O) groups is 3. The normalized spacial score (nSPS) is 11.8. The Morgan fingerprint density at radius 1 is 1.00 bits per heavy atom. The van der Waals surface area contributed by atoms with Gasteiger partial charge in [-0.2, -0.15) is 0 Å². The maximum absolute atomic E-state index is 13.4. The Bertz CT molecular complexity index is 1240. The van der Waals surface area contributed by atoms with Crippen LogP contribution in [0.1, 0.15) is 40.3 Å². The smallest absolute Gasteiger partial charge is 0.337 e. The molecule has 0 aliphatic carbocycles. The summed E-state index contributed by atoms with van der Waals surface area (Å²) in [6.45, 7) is 3.60. The highest BCUT2D eigenvalue weighted by molar-refractivity contribution is 6.18. The van der Waals surface area contributed by atoms with Crippen molar-refractivity contribution in [3.8, 4) is 17.2 Å². The summed E-state index contributed by atoms with van der Waals surface area (Å²) in [7, 11) is 2.86. The molecule has 0 spiro atoms. The molecule has 0 radical (unpaired) electrons. The van der Waals surface area contributed by atoms with E-state index in [1.807, 2.05) is 0 Å². The average molecular weight is 452 g/mol. The summed E-state index contributed by atoms with van der Waals surface area (Å²) in [5.41, 5.74) is 5.61. The van der Waals surface area contributed by atoms with Gasteiger partial charge in [0, 0.05) is 22.5 Å². The predicted molar refractivity (Wildman–Crippen MR) is 120 cm³/mol. The van der Waals surface area contributed by atoms with Crippen LogP contribution in [0.3, 0.4) is 0 Å². The highest BCUT2D eigenvalue weighted by atomic mass is 16.5. The Hall–Kier alpha value is -4.14. The number of nitrogens with two attached hydrogens (primary N) is 1. The van der Waals surface area contributed by atoms with Crippen LogP contribution in [0.2, 0.25) is 0 Å². The lowest BCUT2D eigenvalue weighted by Gasteiger charge is -2.19. The summed E-state index contributed by atoms with van der Waals surface area (Å²) in [6, 6.07) is 9.29. The number of aromatic carboxylic acids is 1. The van der Waals surface area contributed by atoms with Crippen molar-refractivity contribution in [2.24, 2.45) is 11.7 Å². The third-order valence-corrected chi connectivity index (χ3v) is 5.08. The van der Waals surface area contributed by atoms with Gasteiger partial charge < -0.3 is 25.1 Å². The zero-order chi connectivity index (χ0) is 24.3. The Morgan fingerprint density at radius 3 is 2.18 bits per heavy atom. The minimum Gasteiger partial charge on any atom is -0.493 e. The third kappa shape index (κ3) is 4.72. The number of carboxylic acid groups (broad SMARTS) is 1. The number of hydrogen-bond donors (Lipinski definition) is 2. The zero-order valence-corrected chi connectivity index (χ0v) is 18.6. The first-order chi connectivity index (χ1) is 15.7. The van der Waals surface area contributed by atoms with Gasteiger partial charge in [-0.1, -0.05) is 26.0 Å². The average Bonchev–Trinajstić information content (AvgIpc) is 2.79. The third-order valence-electron chi connectivity index (χ3n) is 5.08. The molecule has 0 aliphatic heterocycles. The summed E-state index contributed by atoms with van der Waals surface area (Å²) >= 11 is 0. The molecule has 0 bridgehead atoms. The van der Waals surface area contributed by atoms with E-state index in [4.69, 9.17) is 19.9 Å². The van der Waals surface area contributed by atoms with E-state index in [2.05, 4.69) is 4.98 Å². The Balaban J connectivity index is 2.12. The van der Waals surface area contributed by atoms with Gasteiger partial charge in [0.1, 0.15) is 11.4 Å². The summed E-state index contributed by atoms with van der Waals surface area (Å²) < 4.78 is 16.3. The maximum Gasteiger partial charge on any atom is 0.337 e. The topological polar surface area (TPSA) is 138 Å². The highest BCUT2D eigenvalue weighted by Gasteiger charge is 2.24. The molecular weight excluding hydrogens is 428 g/mol. The number of carboxylic acids is 1. The molecule has 3 aromatic rings. The van der Waals surface area contributed by atoms with Gasteiger partial charge in [-0.05, 0) is 30.2 Å². The van der Waals surface area contributed by atoms with Crippen LogP contribution in [0.15, 0.2) is 42.6 Å². The maximum atomic E-state index is 13.4. The number of ether oxygens (including phenoxy) is 3. The van der Waals surface area contributed by atoms with Crippen LogP contribution in [0.25, 0.3) is 10.8 Å². The first-order valence-electron chi connectivity index (χ1n) is 10.1. The molecule has 1 amide bonds. The number of aromatic nitrogens is 1. The second-order valence-corrected chi connectivity index (χ2v) is 7.62. The number of carbonyl (C=O) groups excluding carboxylic acids is 2. The van der Waals surface area contributed by atoms with Crippen LogP contribution < -0.4 is 19.9 Å². The number of ketones is 1. The van der Waals surface area contributed by atoms with Crippen molar-refractivity contribution >= 4 is 28.4 Å². The molecule has 33 heavy (non-hydrogen) atoms. The molecular formula is C24H24N2O7. The van der Waals surface area contributed by atoms with Crippen molar-refractivity contribution < 1.29 is 33.7 Å². The molecule has 9 nitrogen and oxygen atoms in total. The lowest BCUT2D eigenvalue weighted by molar-refractivity contribution is -0.126. The summed E-state index contributed by atoms with van der Waals surface area (Å²) in [6.07, 6.45) is 0.271. The van der Waals surface area contributed by atoms with Crippen LogP contribution in [-0.4, -0.2) is 48.1 Å². The zero-order valence-electron chi connectivity index (χ0n) is 18.6. The first-order valence-corrected chi connectivity index (χ1v) is 10.1. The number of rotatable bonds is 9. The minimum absolute atomic E-state index is 0.0309.